The molecule has 0 fully saturated rings. The van der Waals surface area contributed by atoms with Gasteiger partial charge < -0.3 is 9.57 Å². The number of methoxy groups -OCH3 is 1. The van der Waals surface area contributed by atoms with E-state index in [0.717, 1.165) is 0 Å². The number of carbonyl (C=O) groups excluding carboxylic acids is 1. The van der Waals surface area contributed by atoms with Gasteiger partial charge >= 0.3 is 5.97 Å². The van der Waals surface area contributed by atoms with Gasteiger partial charge in [-0.1, -0.05) is 13.8 Å². The molecule has 0 amide bonds. The summed E-state index contributed by atoms with van der Waals surface area (Å²) in [5, 5.41) is 1.83. The average Bonchev–Trinajstić information content (AvgIpc) is 2.60. The summed E-state index contributed by atoms with van der Waals surface area (Å²) in [6.07, 6.45) is 1.50. The molecular weight excluding hydrogens is 194 g/mol. The van der Waals surface area contributed by atoms with Gasteiger partial charge in [0.2, 0.25) is 0 Å². The Morgan fingerprint density at radius 1 is 1.47 bits per heavy atom. The molecule has 1 aliphatic rings. The number of esters is 1. The van der Waals surface area contributed by atoms with Crippen LogP contribution in [0.2, 0.25) is 0 Å². The van der Waals surface area contributed by atoms with Gasteiger partial charge in [-0.2, -0.15) is 0 Å². The maximum Gasteiger partial charge on any atom is 0.338 e. The lowest BCUT2D eigenvalue weighted by Gasteiger charge is -2.29. The highest BCUT2D eigenvalue weighted by Gasteiger charge is 2.37. The maximum atomic E-state index is 11.5. The highest BCUT2D eigenvalue weighted by atomic mass is 16.7. The number of rotatable bonds is 3. The van der Waals surface area contributed by atoms with Crippen molar-refractivity contribution >= 4 is 5.97 Å². The van der Waals surface area contributed by atoms with E-state index in [1.165, 1.54) is 13.4 Å². The first-order valence-electron chi connectivity index (χ1n) is 5.22. The van der Waals surface area contributed by atoms with Gasteiger partial charge in [-0.05, 0) is 19.8 Å². The molecule has 0 saturated carbocycles. The van der Waals surface area contributed by atoms with Gasteiger partial charge in [0.1, 0.15) is 6.26 Å². The Hall–Kier alpha value is -1.03. The van der Waals surface area contributed by atoms with Crippen molar-refractivity contribution in [2.24, 2.45) is 5.92 Å². The van der Waals surface area contributed by atoms with Crippen molar-refractivity contribution < 1.29 is 14.4 Å². The molecule has 1 unspecified atom stereocenters. The Labute approximate surface area is 90.8 Å². The lowest BCUT2D eigenvalue weighted by atomic mass is 9.96. The second-order valence-electron chi connectivity index (χ2n) is 4.31. The molecule has 1 atom stereocenters. The zero-order valence-electron chi connectivity index (χ0n) is 9.98. The summed E-state index contributed by atoms with van der Waals surface area (Å²) in [6.45, 7) is 8.18. The minimum Gasteiger partial charge on any atom is -0.466 e. The molecule has 0 radical (unpaired) electrons. The summed E-state index contributed by atoms with van der Waals surface area (Å²) in [4.78, 5) is 16.9. The monoisotopic (exact) mass is 213 g/mol. The van der Waals surface area contributed by atoms with E-state index in [-0.39, 0.29) is 18.1 Å². The van der Waals surface area contributed by atoms with E-state index >= 15 is 0 Å². The molecule has 1 aliphatic heterocycles. The fourth-order valence-electron chi connectivity index (χ4n) is 1.77. The highest BCUT2D eigenvalue weighted by Crippen LogP contribution is 2.28. The minimum atomic E-state index is -0.308. The van der Waals surface area contributed by atoms with Gasteiger partial charge in [0.05, 0.1) is 18.7 Å². The second-order valence-corrected chi connectivity index (χ2v) is 4.31. The Kier molecular flexibility index (Phi) is 3.74. The lowest BCUT2D eigenvalue weighted by molar-refractivity contribution is -0.145. The molecule has 0 aromatic rings. The summed E-state index contributed by atoms with van der Waals surface area (Å²) in [5.74, 6) is -0.00269. The molecule has 0 spiro atoms. The molecule has 0 N–H and O–H groups in total. The summed E-state index contributed by atoms with van der Waals surface area (Å²) in [6, 6.07) is 0.216. The molecule has 4 heteroatoms. The molecule has 0 aliphatic carbocycles. The van der Waals surface area contributed by atoms with Crippen LogP contribution in [-0.4, -0.2) is 30.2 Å². The number of nitrogens with zero attached hydrogens (tertiary/aromatic N) is 1. The van der Waals surface area contributed by atoms with Crippen LogP contribution in [0.15, 0.2) is 11.8 Å². The van der Waals surface area contributed by atoms with Gasteiger partial charge in [-0.3, -0.25) is 0 Å². The van der Waals surface area contributed by atoms with Crippen molar-refractivity contribution in [1.29, 1.82) is 0 Å². The van der Waals surface area contributed by atoms with E-state index in [9.17, 15) is 4.79 Å². The molecule has 15 heavy (non-hydrogen) atoms. The highest BCUT2D eigenvalue weighted by molar-refractivity contribution is 5.89. The molecule has 0 saturated heterocycles. The van der Waals surface area contributed by atoms with Crippen LogP contribution in [0.5, 0.6) is 0 Å². The first kappa shape index (κ1) is 12.0. The quantitative estimate of drug-likeness (QED) is 0.669. The van der Waals surface area contributed by atoms with Gasteiger partial charge in [-0.15, -0.1) is 5.06 Å². The summed E-state index contributed by atoms with van der Waals surface area (Å²) < 4.78 is 4.73. The topological polar surface area (TPSA) is 38.8 Å². The maximum absolute atomic E-state index is 11.5. The Morgan fingerprint density at radius 3 is 2.47 bits per heavy atom. The Morgan fingerprint density at radius 2 is 2.07 bits per heavy atom. The number of hydroxylamine groups is 2. The summed E-state index contributed by atoms with van der Waals surface area (Å²) in [5.41, 5.74) is 0.598. The Bertz CT molecular complexity index is 271. The molecule has 1 rings (SSSR count). The first-order valence-corrected chi connectivity index (χ1v) is 5.22. The van der Waals surface area contributed by atoms with Crippen molar-refractivity contribution in [2.45, 2.75) is 39.8 Å². The van der Waals surface area contributed by atoms with Crippen LogP contribution in [0.4, 0.5) is 0 Å². The normalized spacial score (nSPS) is 21.8. The number of hydrogen-bond acceptors (Lipinski definition) is 4. The molecule has 4 nitrogen and oxygen atoms in total. The molecular formula is C11H19NO3. The summed E-state index contributed by atoms with van der Waals surface area (Å²) in [7, 11) is 1.39. The standard InChI is InChI=1S/C11H19NO3/c1-7(2)10-9(11(13)14-5)6-15-12(10)8(3)4/h6-8,10H,1-5H3. The van der Waals surface area contributed by atoms with Gasteiger partial charge in [0, 0.05) is 6.04 Å². The van der Waals surface area contributed by atoms with Crippen molar-refractivity contribution in [3.8, 4) is 0 Å². The third-order valence-electron chi connectivity index (χ3n) is 2.46. The fourth-order valence-corrected chi connectivity index (χ4v) is 1.77. The van der Waals surface area contributed by atoms with Crippen molar-refractivity contribution in [3.63, 3.8) is 0 Å². The minimum absolute atomic E-state index is 0.0163. The van der Waals surface area contributed by atoms with Crippen LogP contribution in [0.3, 0.4) is 0 Å². The molecule has 0 aromatic heterocycles. The lowest BCUT2D eigenvalue weighted by Crippen LogP contribution is -2.41. The van der Waals surface area contributed by atoms with Crippen molar-refractivity contribution in [2.75, 3.05) is 7.11 Å². The number of hydrogen-bond donors (Lipinski definition) is 0. The van der Waals surface area contributed by atoms with Crippen LogP contribution in [0.25, 0.3) is 0 Å². The van der Waals surface area contributed by atoms with Gasteiger partial charge in [-0.25, -0.2) is 4.79 Å². The predicted octanol–water partition coefficient (Wildman–Crippen LogP) is 1.72. The van der Waals surface area contributed by atoms with E-state index in [0.29, 0.717) is 11.5 Å². The SMILES string of the molecule is COC(=O)C1=CON(C(C)C)C1C(C)C. The van der Waals surface area contributed by atoms with Crippen molar-refractivity contribution in [1.82, 2.24) is 5.06 Å². The smallest absolute Gasteiger partial charge is 0.338 e. The van der Waals surface area contributed by atoms with Crippen LogP contribution < -0.4 is 0 Å². The molecule has 86 valence electrons. The zero-order valence-corrected chi connectivity index (χ0v) is 9.98. The van der Waals surface area contributed by atoms with E-state index < -0.39 is 0 Å². The van der Waals surface area contributed by atoms with Crippen LogP contribution >= 0.6 is 0 Å². The summed E-state index contributed by atoms with van der Waals surface area (Å²) >= 11 is 0. The van der Waals surface area contributed by atoms with Gasteiger partial charge in [0.15, 0.2) is 0 Å². The Balaban J connectivity index is 2.87. The second kappa shape index (κ2) is 4.66. The number of ether oxygens (including phenoxy) is 1. The van der Waals surface area contributed by atoms with Crippen LogP contribution in [0.1, 0.15) is 27.7 Å². The van der Waals surface area contributed by atoms with E-state index in [1.54, 1.807) is 0 Å². The third-order valence-corrected chi connectivity index (χ3v) is 2.46. The predicted molar refractivity (Wildman–Crippen MR) is 56.8 cm³/mol. The van der Waals surface area contributed by atoms with Crippen LogP contribution in [0, 0.1) is 5.92 Å². The van der Waals surface area contributed by atoms with E-state index in [4.69, 9.17) is 9.57 Å². The van der Waals surface area contributed by atoms with Crippen molar-refractivity contribution in [3.05, 3.63) is 11.8 Å². The largest absolute Gasteiger partial charge is 0.466 e. The number of carbonyl (C=O) groups is 1. The van der Waals surface area contributed by atoms with E-state index in [1.807, 2.05) is 18.9 Å². The van der Waals surface area contributed by atoms with Crippen LogP contribution in [-0.2, 0) is 14.4 Å². The van der Waals surface area contributed by atoms with Gasteiger partial charge in [0.25, 0.3) is 0 Å². The zero-order chi connectivity index (χ0) is 11.6. The fraction of sp³-hybridized carbons (Fsp3) is 0.727. The average molecular weight is 213 g/mol. The van der Waals surface area contributed by atoms with E-state index in [2.05, 4.69) is 13.8 Å². The molecule has 1 heterocycles. The first-order chi connectivity index (χ1) is 6.99. The molecule has 0 aromatic carbocycles. The third kappa shape index (κ3) is 2.31. The molecule has 0 bridgehead atoms.